The van der Waals surface area contributed by atoms with Crippen molar-refractivity contribution in [1.29, 1.82) is 0 Å². The molecule has 148 valence electrons. The van der Waals surface area contributed by atoms with Gasteiger partial charge in [0.25, 0.3) is 0 Å². The molecule has 5 nitrogen and oxygen atoms in total. The van der Waals surface area contributed by atoms with Crippen LogP contribution in [0.25, 0.3) is 0 Å². The normalized spacial score (nSPS) is 12.7. The second-order valence-electron chi connectivity index (χ2n) is 6.43. The van der Waals surface area contributed by atoms with E-state index in [4.69, 9.17) is 9.05 Å². The van der Waals surface area contributed by atoms with E-state index in [1.165, 1.54) is 0 Å². The van der Waals surface area contributed by atoms with Crippen LogP contribution in [0.3, 0.4) is 0 Å². The summed E-state index contributed by atoms with van der Waals surface area (Å²) >= 11 is 0. The third-order valence-electron chi connectivity index (χ3n) is 4.48. The van der Waals surface area contributed by atoms with Crippen LogP contribution in [-0.4, -0.2) is 30.6 Å². The molecule has 0 aliphatic carbocycles. The zero-order valence-corrected chi connectivity index (χ0v) is 17.4. The Hall–Kier alpha value is -1.81. The predicted molar refractivity (Wildman–Crippen MR) is 111 cm³/mol. The molecule has 6 heteroatoms. The summed E-state index contributed by atoms with van der Waals surface area (Å²) < 4.78 is 24.7. The van der Waals surface area contributed by atoms with Crippen LogP contribution in [0.5, 0.6) is 11.5 Å². The van der Waals surface area contributed by atoms with Crippen LogP contribution in [0.1, 0.15) is 33.6 Å². The van der Waals surface area contributed by atoms with E-state index in [9.17, 15) is 4.57 Å². The molecule has 27 heavy (non-hydrogen) atoms. The van der Waals surface area contributed by atoms with Gasteiger partial charge in [0, 0.05) is 12.6 Å². The van der Waals surface area contributed by atoms with Gasteiger partial charge in [0.1, 0.15) is 11.5 Å². The summed E-state index contributed by atoms with van der Waals surface area (Å²) in [7, 11) is -3.52. The van der Waals surface area contributed by atoms with E-state index in [0.717, 1.165) is 25.9 Å². The monoisotopic (exact) mass is 390 g/mol. The van der Waals surface area contributed by atoms with Crippen molar-refractivity contribution in [3.05, 3.63) is 60.7 Å². The van der Waals surface area contributed by atoms with Crippen LogP contribution in [0.2, 0.25) is 0 Å². The molecular weight excluding hydrogens is 359 g/mol. The summed E-state index contributed by atoms with van der Waals surface area (Å²) in [5.41, 5.74) is 0. The van der Waals surface area contributed by atoms with Crippen molar-refractivity contribution in [2.24, 2.45) is 0 Å². The molecule has 0 aliphatic heterocycles. The molecule has 0 unspecified atom stereocenters. The summed E-state index contributed by atoms with van der Waals surface area (Å²) in [4.78, 5) is 2.42. The minimum Gasteiger partial charge on any atom is -0.405 e. The van der Waals surface area contributed by atoms with Gasteiger partial charge in [-0.05, 0) is 57.1 Å². The van der Waals surface area contributed by atoms with Crippen molar-refractivity contribution in [1.82, 2.24) is 9.99 Å². The number of nitrogens with one attached hydrogen (secondary N) is 1. The van der Waals surface area contributed by atoms with Crippen molar-refractivity contribution in [2.45, 2.75) is 39.7 Å². The van der Waals surface area contributed by atoms with Crippen molar-refractivity contribution < 1.29 is 13.6 Å². The van der Waals surface area contributed by atoms with Crippen molar-refractivity contribution >= 4 is 7.75 Å². The molecule has 2 aromatic rings. The first kappa shape index (κ1) is 21.5. The van der Waals surface area contributed by atoms with Crippen LogP contribution in [0.4, 0.5) is 0 Å². The zero-order valence-electron chi connectivity index (χ0n) is 16.5. The molecule has 0 amide bonds. The summed E-state index contributed by atoms with van der Waals surface area (Å²) in [5.74, 6) is 1.03. The van der Waals surface area contributed by atoms with E-state index in [1.54, 1.807) is 24.3 Å². The Balaban J connectivity index is 1.96. The molecule has 0 aliphatic rings. The number of hydrogen-bond acceptors (Lipinski definition) is 4. The minimum absolute atomic E-state index is 0.492. The van der Waals surface area contributed by atoms with Crippen LogP contribution in [-0.2, 0) is 4.57 Å². The molecule has 0 heterocycles. The minimum atomic E-state index is -3.52. The third kappa shape index (κ3) is 7.37. The molecule has 1 atom stereocenters. The summed E-state index contributed by atoms with van der Waals surface area (Å²) in [5, 5.41) is 3.02. The molecule has 0 saturated carbocycles. The quantitative estimate of drug-likeness (QED) is 0.391. The van der Waals surface area contributed by atoms with E-state index in [0.29, 0.717) is 24.1 Å². The van der Waals surface area contributed by atoms with Crippen molar-refractivity contribution in [3.63, 3.8) is 0 Å². The van der Waals surface area contributed by atoms with E-state index >= 15 is 0 Å². The molecule has 0 spiro atoms. The molecular formula is C21H31N2O3P. The maximum atomic E-state index is 13.3. The molecule has 1 N–H and O–H groups in total. The molecule has 0 fully saturated rings. The molecule has 2 rings (SSSR count). The lowest BCUT2D eigenvalue weighted by atomic mass is 10.1. The van der Waals surface area contributed by atoms with Gasteiger partial charge in [-0.2, -0.15) is 0 Å². The highest BCUT2D eigenvalue weighted by molar-refractivity contribution is 7.52. The first-order valence-corrected chi connectivity index (χ1v) is 11.2. The summed E-state index contributed by atoms with van der Waals surface area (Å²) in [6, 6.07) is 18.7. The first-order valence-electron chi connectivity index (χ1n) is 9.64. The average Bonchev–Trinajstić information content (AvgIpc) is 2.68. The van der Waals surface area contributed by atoms with Crippen LogP contribution in [0, 0.1) is 0 Å². The lowest BCUT2D eigenvalue weighted by Crippen LogP contribution is -2.33. The van der Waals surface area contributed by atoms with Crippen LogP contribution < -0.4 is 14.1 Å². The highest BCUT2D eigenvalue weighted by Gasteiger charge is 2.28. The largest absolute Gasteiger partial charge is 0.512 e. The summed E-state index contributed by atoms with van der Waals surface area (Å²) in [6.07, 6.45) is 1.91. The fourth-order valence-electron chi connectivity index (χ4n) is 2.97. The zero-order chi connectivity index (χ0) is 19.5. The second-order valence-corrected chi connectivity index (χ2v) is 8.10. The topological polar surface area (TPSA) is 50.8 Å². The number of rotatable bonds is 12. The van der Waals surface area contributed by atoms with Crippen molar-refractivity contribution in [2.75, 3.05) is 19.6 Å². The van der Waals surface area contributed by atoms with Gasteiger partial charge in [0.2, 0.25) is 0 Å². The van der Waals surface area contributed by atoms with Gasteiger partial charge in [0.05, 0.1) is 0 Å². The van der Waals surface area contributed by atoms with Gasteiger partial charge in [-0.25, -0.2) is 9.65 Å². The van der Waals surface area contributed by atoms with Crippen LogP contribution >= 0.6 is 7.75 Å². The fourth-order valence-corrected chi connectivity index (χ4v) is 4.36. The maximum Gasteiger partial charge on any atom is 0.512 e. The SMILES string of the molecule is CCN(CC)[C@H](C)CCCNP(=O)(Oc1ccccc1)Oc1ccccc1. The number of para-hydroxylation sites is 2. The Morgan fingerprint density at radius 2 is 1.41 bits per heavy atom. The number of nitrogens with zero attached hydrogens (tertiary/aromatic N) is 1. The Morgan fingerprint density at radius 1 is 0.926 bits per heavy atom. The third-order valence-corrected chi connectivity index (χ3v) is 5.99. The Labute approximate surface area is 163 Å². The highest BCUT2D eigenvalue weighted by atomic mass is 31.2. The molecule has 0 saturated heterocycles. The lowest BCUT2D eigenvalue weighted by molar-refractivity contribution is 0.218. The van der Waals surface area contributed by atoms with Gasteiger partial charge in [-0.3, -0.25) is 0 Å². The number of benzene rings is 2. The van der Waals surface area contributed by atoms with E-state index in [2.05, 4.69) is 30.8 Å². The van der Waals surface area contributed by atoms with E-state index in [1.807, 2.05) is 36.4 Å². The smallest absolute Gasteiger partial charge is 0.405 e. The Kier molecular flexibility index (Phi) is 8.86. The first-order chi connectivity index (χ1) is 13.1. The average molecular weight is 390 g/mol. The lowest BCUT2D eigenvalue weighted by Gasteiger charge is -2.26. The predicted octanol–water partition coefficient (Wildman–Crippen LogP) is 5.35. The van der Waals surface area contributed by atoms with Gasteiger partial charge in [-0.15, -0.1) is 0 Å². The Morgan fingerprint density at radius 3 is 1.85 bits per heavy atom. The Bertz CT molecular complexity index is 648. The van der Waals surface area contributed by atoms with E-state index < -0.39 is 7.75 Å². The van der Waals surface area contributed by atoms with Gasteiger partial charge < -0.3 is 13.9 Å². The van der Waals surface area contributed by atoms with Crippen LogP contribution in [0.15, 0.2) is 60.7 Å². The van der Waals surface area contributed by atoms with Gasteiger partial charge in [-0.1, -0.05) is 50.2 Å². The molecule has 0 radical (unpaired) electrons. The highest BCUT2D eigenvalue weighted by Crippen LogP contribution is 2.44. The molecule has 2 aromatic carbocycles. The van der Waals surface area contributed by atoms with Gasteiger partial charge in [0.15, 0.2) is 0 Å². The fraction of sp³-hybridized carbons (Fsp3) is 0.429. The van der Waals surface area contributed by atoms with Gasteiger partial charge >= 0.3 is 7.75 Å². The second kappa shape index (κ2) is 11.1. The number of hydrogen-bond donors (Lipinski definition) is 1. The van der Waals surface area contributed by atoms with Crippen molar-refractivity contribution in [3.8, 4) is 11.5 Å². The summed E-state index contributed by atoms with van der Waals surface area (Å²) in [6.45, 7) is 9.22. The molecule has 0 bridgehead atoms. The maximum absolute atomic E-state index is 13.3. The van der Waals surface area contributed by atoms with E-state index in [-0.39, 0.29) is 0 Å². The molecule has 0 aromatic heterocycles. The standard InChI is InChI=1S/C21H31N2O3P/c1-4-23(5-2)19(3)13-12-18-22-27(24,25-20-14-8-6-9-15-20)26-21-16-10-7-11-17-21/h6-11,14-17,19H,4-5,12-13,18H2,1-3H3,(H,22,24)/t19-/m1/s1.